The summed E-state index contributed by atoms with van der Waals surface area (Å²) in [6.45, 7) is 2.14. The molecule has 0 radical (unpaired) electrons. The van der Waals surface area contributed by atoms with Gasteiger partial charge in [-0.25, -0.2) is 0 Å². The van der Waals surface area contributed by atoms with Gasteiger partial charge in [0.2, 0.25) is 17.7 Å². The molecule has 0 aromatic heterocycles. The maximum atomic E-state index is 12.1. The van der Waals surface area contributed by atoms with Gasteiger partial charge in [-0.1, -0.05) is 19.1 Å². The number of ether oxygens (including phenoxy) is 1. The van der Waals surface area contributed by atoms with Crippen LogP contribution in [0.1, 0.15) is 44.2 Å². The molecule has 1 fully saturated rings. The average Bonchev–Trinajstić information content (AvgIpc) is 2.89. The molecule has 1 saturated heterocycles. The quantitative estimate of drug-likeness (QED) is 0.778. The van der Waals surface area contributed by atoms with Crippen molar-refractivity contribution in [3.63, 3.8) is 0 Å². The second-order valence-electron chi connectivity index (χ2n) is 5.49. The van der Waals surface area contributed by atoms with Crippen LogP contribution >= 0.6 is 0 Å². The van der Waals surface area contributed by atoms with E-state index in [1.807, 2.05) is 31.2 Å². The first-order chi connectivity index (χ1) is 11.0. The van der Waals surface area contributed by atoms with Crippen molar-refractivity contribution in [3.8, 4) is 5.75 Å². The molecule has 6 heteroatoms. The molecule has 1 unspecified atom stereocenters. The SMILES string of the molecule is CCC(NC(=O)CCN1C(=O)CCC1=O)c1ccc(OC)cc1. The van der Waals surface area contributed by atoms with Crippen LogP contribution in [0.3, 0.4) is 0 Å². The Balaban J connectivity index is 1.89. The molecule has 1 aromatic carbocycles. The van der Waals surface area contributed by atoms with Crippen LogP contribution in [0.2, 0.25) is 0 Å². The molecule has 1 aliphatic rings. The van der Waals surface area contributed by atoms with Crippen molar-refractivity contribution in [1.29, 1.82) is 0 Å². The summed E-state index contributed by atoms with van der Waals surface area (Å²) in [6, 6.07) is 7.44. The lowest BCUT2D eigenvalue weighted by molar-refractivity contribution is -0.138. The number of benzene rings is 1. The van der Waals surface area contributed by atoms with Crippen LogP contribution in [-0.2, 0) is 14.4 Å². The van der Waals surface area contributed by atoms with Gasteiger partial charge in [-0.05, 0) is 24.1 Å². The number of carbonyl (C=O) groups is 3. The van der Waals surface area contributed by atoms with Crippen LogP contribution in [0.25, 0.3) is 0 Å². The van der Waals surface area contributed by atoms with E-state index in [-0.39, 0.29) is 49.6 Å². The monoisotopic (exact) mass is 318 g/mol. The number of likely N-dealkylation sites (tertiary alicyclic amines) is 1. The van der Waals surface area contributed by atoms with Gasteiger partial charge >= 0.3 is 0 Å². The molecule has 0 aliphatic carbocycles. The number of nitrogens with zero attached hydrogens (tertiary/aromatic N) is 1. The first kappa shape index (κ1) is 17.0. The zero-order valence-corrected chi connectivity index (χ0v) is 13.5. The molecular formula is C17H22N2O4. The summed E-state index contributed by atoms with van der Waals surface area (Å²) in [5.74, 6) is 0.219. The van der Waals surface area contributed by atoms with Gasteiger partial charge in [0, 0.05) is 25.8 Å². The van der Waals surface area contributed by atoms with E-state index in [2.05, 4.69) is 5.32 Å². The highest BCUT2D eigenvalue weighted by Crippen LogP contribution is 2.20. The summed E-state index contributed by atoms with van der Waals surface area (Å²) in [5.41, 5.74) is 0.995. The van der Waals surface area contributed by atoms with Crippen molar-refractivity contribution >= 4 is 17.7 Å². The van der Waals surface area contributed by atoms with Crippen LogP contribution in [0, 0.1) is 0 Å². The van der Waals surface area contributed by atoms with E-state index < -0.39 is 0 Å². The molecule has 124 valence electrons. The van der Waals surface area contributed by atoms with E-state index in [9.17, 15) is 14.4 Å². The normalized spacial score (nSPS) is 15.7. The first-order valence-corrected chi connectivity index (χ1v) is 7.81. The number of hydrogen-bond acceptors (Lipinski definition) is 4. The van der Waals surface area contributed by atoms with Crippen molar-refractivity contribution in [2.75, 3.05) is 13.7 Å². The summed E-state index contributed by atoms with van der Waals surface area (Å²) in [4.78, 5) is 36.3. The number of carbonyl (C=O) groups excluding carboxylic acids is 3. The van der Waals surface area contributed by atoms with Crippen LogP contribution in [-0.4, -0.2) is 36.3 Å². The fourth-order valence-corrected chi connectivity index (χ4v) is 2.61. The van der Waals surface area contributed by atoms with E-state index in [0.29, 0.717) is 0 Å². The standard InChI is InChI=1S/C17H22N2O4/c1-3-14(12-4-6-13(23-2)7-5-12)18-15(20)10-11-19-16(21)8-9-17(19)22/h4-7,14H,3,8-11H2,1-2H3,(H,18,20). The Morgan fingerprint density at radius 3 is 2.35 bits per heavy atom. The summed E-state index contributed by atoms with van der Waals surface area (Å²) in [6.07, 6.45) is 1.39. The van der Waals surface area contributed by atoms with E-state index in [0.717, 1.165) is 17.7 Å². The zero-order chi connectivity index (χ0) is 16.8. The topological polar surface area (TPSA) is 75.7 Å². The van der Waals surface area contributed by atoms with Crippen LogP contribution in [0.5, 0.6) is 5.75 Å². The molecule has 1 heterocycles. The number of amides is 3. The van der Waals surface area contributed by atoms with Crippen molar-refractivity contribution in [3.05, 3.63) is 29.8 Å². The largest absolute Gasteiger partial charge is 0.497 e. The van der Waals surface area contributed by atoms with Gasteiger partial charge < -0.3 is 10.1 Å². The molecular weight excluding hydrogens is 296 g/mol. The third-order valence-corrected chi connectivity index (χ3v) is 3.98. The molecule has 0 saturated carbocycles. The fraction of sp³-hybridized carbons (Fsp3) is 0.471. The molecule has 2 rings (SSSR count). The average molecular weight is 318 g/mol. The molecule has 0 spiro atoms. The summed E-state index contributed by atoms with van der Waals surface area (Å²) < 4.78 is 5.12. The second-order valence-corrected chi connectivity index (χ2v) is 5.49. The van der Waals surface area contributed by atoms with Crippen molar-refractivity contribution in [2.45, 2.75) is 38.6 Å². The Morgan fingerprint density at radius 1 is 1.22 bits per heavy atom. The Morgan fingerprint density at radius 2 is 1.83 bits per heavy atom. The Kier molecular flexibility index (Phi) is 5.73. The number of hydrogen-bond donors (Lipinski definition) is 1. The van der Waals surface area contributed by atoms with E-state index in [1.54, 1.807) is 7.11 Å². The minimum absolute atomic E-state index is 0.0987. The minimum Gasteiger partial charge on any atom is -0.497 e. The van der Waals surface area contributed by atoms with Gasteiger partial charge in [-0.3, -0.25) is 19.3 Å². The molecule has 23 heavy (non-hydrogen) atoms. The predicted octanol–water partition coefficient (Wildman–Crippen LogP) is 1.80. The van der Waals surface area contributed by atoms with Gasteiger partial charge in [0.15, 0.2) is 0 Å². The van der Waals surface area contributed by atoms with Gasteiger partial charge in [-0.2, -0.15) is 0 Å². The number of nitrogens with one attached hydrogen (secondary N) is 1. The number of imide groups is 1. The zero-order valence-electron chi connectivity index (χ0n) is 13.5. The van der Waals surface area contributed by atoms with Crippen LogP contribution < -0.4 is 10.1 Å². The highest BCUT2D eigenvalue weighted by molar-refractivity contribution is 6.02. The predicted molar refractivity (Wildman–Crippen MR) is 84.7 cm³/mol. The van der Waals surface area contributed by atoms with E-state index >= 15 is 0 Å². The number of rotatable bonds is 7. The highest BCUT2D eigenvalue weighted by atomic mass is 16.5. The highest BCUT2D eigenvalue weighted by Gasteiger charge is 2.28. The Bertz CT molecular complexity index is 567. The molecule has 1 aliphatic heterocycles. The van der Waals surface area contributed by atoms with Crippen molar-refractivity contribution in [1.82, 2.24) is 10.2 Å². The maximum Gasteiger partial charge on any atom is 0.229 e. The maximum absolute atomic E-state index is 12.1. The fourth-order valence-electron chi connectivity index (χ4n) is 2.61. The van der Waals surface area contributed by atoms with Crippen molar-refractivity contribution in [2.24, 2.45) is 0 Å². The Labute approximate surface area is 135 Å². The smallest absolute Gasteiger partial charge is 0.229 e. The minimum atomic E-state index is -0.190. The molecule has 0 bridgehead atoms. The molecule has 1 N–H and O–H groups in total. The summed E-state index contributed by atoms with van der Waals surface area (Å²) >= 11 is 0. The Hall–Kier alpha value is -2.37. The van der Waals surface area contributed by atoms with E-state index in [4.69, 9.17) is 4.74 Å². The third kappa shape index (κ3) is 4.31. The molecule has 1 aromatic rings. The summed E-state index contributed by atoms with van der Waals surface area (Å²) in [5, 5.41) is 2.95. The van der Waals surface area contributed by atoms with Crippen LogP contribution in [0.4, 0.5) is 0 Å². The lowest BCUT2D eigenvalue weighted by Crippen LogP contribution is -2.35. The molecule has 6 nitrogen and oxygen atoms in total. The van der Waals surface area contributed by atoms with Crippen molar-refractivity contribution < 1.29 is 19.1 Å². The van der Waals surface area contributed by atoms with Gasteiger partial charge in [0.1, 0.15) is 5.75 Å². The van der Waals surface area contributed by atoms with Gasteiger partial charge in [-0.15, -0.1) is 0 Å². The number of methoxy groups -OCH3 is 1. The molecule has 1 atom stereocenters. The lowest BCUT2D eigenvalue weighted by Gasteiger charge is -2.19. The van der Waals surface area contributed by atoms with Gasteiger partial charge in [0.25, 0.3) is 0 Å². The second kappa shape index (κ2) is 7.76. The summed E-state index contributed by atoms with van der Waals surface area (Å²) in [7, 11) is 1.61. The lowest BCUT2D eigenvalue weighted by atomic mass is 10.0. The van der Waals surface area contributed by atoms with Crippen LogP contribution in [0.15, 0.2) is 24.3 Å². The third-order valence-electron chi connectivity index (χ3n) is 3.98. The van der Waals surface area contributed by atoms with E-state index in [1.165, 1.54) is 4.90 Å². The molecule has 3 amide bonds. The first-order valence-electron chi connectivity index (χ1n) is 7.81. The van der Waals surface area contributed by atoms with Gasteiger partial charge in [0.05, 0.1) is 13.2 Å².